The van der Waals surface area contributed by atoms with E-state index in [-0.39, 0.29) is 11.6 Å². The predicted molar refractivity (Wildman–Crippen MR) is 108 cm³/mol. The zero-order chi connectivity index (χ0) is 19.7. The quantitative estimate of drug-likeness (QED) is 0.536. The molecule has 0 atom stereocenters. The van der Waals surface area contributed by atoms with Gasteiger partial charge in [-0.05, 0) is 23.8 Å². The molecule has 0 unspecified atom stereocenters. The Morgan fingerprint density at radius 1 is 1.11 bits per heavy atom. The van der Waals surface area contributed by atoms with E-state index in [9.17, 15) is 14.9 Å². The molecule has 2 heterocycles. The zero-order valence-electron chi connectivity index (χ0n) is 15.1. The van der Waals surface area contributed by atoms with Gasteiger partial charge in [0.15, 0.2) is 0 Å². The molecule has 1 fully saturated rings. The lowest BCUT2D eigenvalue weighted by atomic mass is 10.1. The van der Waals surface area contributed by atoms with Crippen LogP contribution in [0.25, 0.3) is 10.9 Å². The van der Waals surface area contributed by atoms with E-state index in [1.54, 1.807) is 17.2 Å². The van der Waals surface area contributed by atoms with Crippen LogP contribution in [0, 0.1) is 10.1 Å². The molecule has 1 saturated heterocycles. The summed E-state index contributed by atoms with van der Waals surface area (Å²) in [5.41, 5.74) is 2.36. The van der Waals surface area contributed by atoms with Crippen LogP contribution in [0.3, 0.4) is 0 Å². The third-order valence-corrected chi connectivity index (χ3v) is 5.34. The van der Waals surface area contributed by atoms with Gasteiger partial charge in [0, 0.05) is 67.0 Å². The van der Waals surface area contributed by atoms with Gasteiger partial charge >= 0.3 is 0 Å². The maximum Gasteiger partial charge on any atom is 0.270 e. The lowest BCUT2D eigenvalue weighted by Gasteiger charge is -2.34. The van der Waals surface area contributed by atoms with E-state index in [4.69, 9.17) is 11.6 Å². The number of nitro benzene ring substituents is 1. The number of nitro groups is 1. The standard InChI is InChI=1S/C20H19ClN4O3/c21-15-3-1-14(2-4-15)13-23-7-9-24(10-8-23)20(26)18-12-22-19-6-5-16(25(27)28)11-17(18)19/h1-6,11-12,22H,7-10,13H2. The van der Waals surface area contributed by atoms with Crippen LogP contribution in [0.1, 0.15) is 15.9 Å². The smallest absolute Gasteiger partial charge is 0.270 e. The van der Waals surface area contributed by atoms with Gasteiger partial charge in [-0.1, -0.05) is 23.7 Å². The van der Waals surface area contributed by atoms with Gasteiger partial charge in [-0.25, -0.2) is 0 Å². The van der Waals surface area contributed by atoms with Gasteiger partial charge < -0.3 is 9.88 Å². The maximum absolute atomic E-state index is 13.0. The average molecular weight is 399 g/mol. The Morgan fingerprint density at radius 2 is 1.82 bits per heavy atom. The number of H-pyrrole nitrogens is 1. The van der Waals surface area contributed by atoms with E-state index in [1.165, 1.54) is 17.7 Å². The lowest BCUT2D eigenvalue weighted by Crippen LogP contribution is -2.48. The fourth-order valence-electron chi connectivity index (χ4n) is 3.53. The number of halogens is 1. The van der Waals surface area contributed by atoms with Crippen molar-refractivity contribution < 1.29 is 9.72 Å². The molecule has 28 heavy (non-hydrogen) atoms. The minimum absolute atomic E-state index is 0.0195. The Kier molecular flexibility index (Phi) is 5.02. The van der Waals surface area contributed by atoms with Crippen molar-refractivity contribution in [3.63, 3.8) is 0 Å². The van der Waals surface area contributed by atoms with Crippen molar-refractivity contribution in [2.75, 3.05) is 26.2 Å². The monoisotopic (exact) mass is 398 g/mol. The van der Waals surface area contributed by atoms with Gasteiger partial charge in [0.25, 0.3) is 11.6 Å². The number of hydrogen-bond donors (Lipinski definition) is 1. The summed E-state index contributed by atoms with van der Waals surface area (Å²) in [6.45, 7) is 3.61. The Balaban J connectivity index is 1.44. The summed E-state index contributed by atoms with van der Waals surface area (Å²) in [4.78, 5) is 30.7. The molecule has 0 saturated carbocycles. The molecule has 2 aromatic carbocycles. The number of fused-ring (bicyclic) bond motifs is 1. The van der Waals surface area contributed by atoms with Crippen molar-refractivity contribution in [1.29, 1.82) is 0 Å². The number of nitrogens with one attached hydrogen (secondary N) is 1. The van der Waals surface area contributed by atoms with E-state index in [0.717, 1.165) is 30.2 Å². The minimum Gasteiger partial charge on any atom is -0.360 e. The van der Waals surface area contributed by atoms with Gasteiger partial charge in [-0.3, -0.25) is 19.8 Å². The molecule has 1 amide bonds. The molecule has 1 aliphatic rings. The number of rotatable bonds is 4. The fourth-order valence-corrected chi connectivity index (χ4v) is 3.65. The zero-order valence-corrected chi connectivity index (χ0v) is 15.9. The first-order chi connectivity index (χ1) is 13.5. The van der Waals surface area contributed by atoms with Crippen LogP contribution in [-0.4, -0.2) is 51.8 Å². The Bertz CT molecular complexity index is 1020. The molecule has 0 spiro atoms. The van der Waals surface area contributed by atoms with Crippen LogP contribution in [0.5, 0.6) is 0 Å². The fraction of sp³-hybridized carbons (Fsp3) is 0.250. The van der Waals surface area contributed by atoms with Gasteiger partial charge in [0.1, 0.15) is 0 Å². The van der Waals surface area contributed by atoms with E-state index < -0.39 is 4.92 Å². The first-order valence-electron chi connectivity index (χ1n) is 9.03. The molecule has 0 radical (unpaired) electrons. The SMILES string of the molecule is O=C(c1c[nH]c2ccc([N+](=O)[O-])cc12)N1CCN(Cc2ccc(Cl)cc2)CC1. The summed E-state index contributed by atoms with van der Waals surface area (Å²) in [5, 5.41) is 12.3. The topological polar surface area (TPSA) is 82.5 Å². The van der Waals surface area contributed by atoms with E-state index in [0.29, 0.717) is 24.0 Å². The summed E-state index contributed by atoms with van der Waals surface area (Å²) >= 11 is 5.93. The van der Waals surface area contributed by atoms with Crippen LogP contribution in [-0.2, 0) is 6.54 Å². The molecule has 144 valence electrons. The summed E-state index contributed by atoms with van der Waals surface area (Å²) in [6.07, 6.45) is 1.64. The molecule has 3 aromatic rings. The Hall–Kier alpha value is -2.90. The summed E-state index contributed by atoms with van der Waals surface area (Å²) in [7, 11) is 0. The second-order valence-electron chi connectivity index (χ2n) is 6.88. The molecule has 8 heteroatoms. The highest BCUT2D eigenvalue weighted by Gasteiger charge is 2.24. The van der Waals surface area contributed by atoms with Crippen LogP contribution in [0.4, 0.5) is 5.69 Å². The van der Waals surface area contributed by atoms with Crippen LogP contribution in [0.15, 0.2) is 48.7 Å². The molecular weight excluding hydrogens is 380 g/mol. The van der Waals surface area contributed by atoms with E-state index in [1.807, 2.05) is 24.3 Å². The molecule has 1 aliphatic heterocycles. The highest BCUT2D eigenvalue weighted by Crippen LogP contribution is 2.25. The van der Waals surface area contributed by atoms with E-state index >= 15 is 0 Å². The van der Waals surface area contributed by atoms with Crippen LogP contribution in [0.2, 0.25) is 5.02 Å². The molecule has 0 aliphatic carbocycles. The van der Waals surface area contributed by atoms with Crippen LogP contribution < -0.4 is 0 Å². The van der Waals surface area contributed by atoms with Crippen molar-refractivity contribution in [3.05, 3.63) is 74.9 Å². The Morgan fingerprint density at radius 3 is 2.50 bits per heavy atom. The number of non-ortho nitro benzene ring substituents is 1. The van der Waals surface area contributed by atoms with E-state index in [2.05, 4.69) is 9.88 Å². The van der Waals surface area contributed by atoms with Gasteiger partial charge in [-0.15, -0.1) is 0 Å². The number of nitrogens with zero attached hydrogens (tertiary/aromatic N) is 3. The van der Waals surface area contributed by atoms with Crippen molar-refractivity contribution in [2.45, 2.75) is 6.54 Å². The number of hydrogen-bond acceptors (Lipinski definition) is 4. The van der Waals surface area contributed by atoms with Crippen molar-refractivity contribution in [2.24, 2.45) is 0 Å². The number of aromatic amines is 1. The average Bonchev–Trinajstić information content (AvgIpc) is 3.13. The third-order valence-electron chi connectivity index (χ3n) is 5.09. The number of carbonyl (C=O) groups is 1. The van der Waals surface area contributed by atoms with Crippen molar-refractivity contribution in [3.8, 4) is 0 Å². The molecule has 0 bridgehead atoms. The predicted octanol–water partition coefficient (Wildman–Crippen LogP) is 3.69. The summed E-state index contributed by atoms with van der Waals surface area (Å²) in [5.74, 6) is -0.0992. The first-order valence-corrected chi connectivity index (χ1v) is 9.40. The normalized spacial score (nSPS) is 15.1. The number of benzene rings is 2. The minimum atomic E-state index is -0.448. The highest BCUT2D eigenvalue weighted by molar-refractivity contribution is 6.30. The number of amides is 1. The maximum atomic E-state index is 13.0. The van der Waals surface area contributed by atoms with Crippen molar-refractivity contribution >= 4 is 34.1 Å². The van der Waals surface area contributed by atoms with Crippen LogP contribution >= 0.6 is 11.6 Å². The number of piperazine rings is 1. The lowest BCUT2D eigenvalue weighted by molar-refractivity contribution is -0.384. The molecule has 4 rings (SSSR count). The van der Waals surface area contributed by atoms with Crippen molar-refractivity contribution in [1.82, 2.24) is 14.8 Å². The first kappa shape index (κ1) is 18.5. The summed E-state index contributed by atoms with van der Waals surface area (Å²) < 4.78 is 0. The molecular formula is C20H19ClN4O3. The molecule has 7 nitrogen and oxygen atoms in total. The largest absolute Gasteiger partial charge is 0.360 e. The molecule has 1 N–H and O–H groups in total. The van der Waals surface area contributed by atoms with Gasteiger partial charge in [-0.2, -0.15) is 0 Å². The third kappa shape index (κ3) is 3.72. The number of aromatic nitrogens is 1. The number of carbonyl (C=O) groups excluding carboxylic acids is 1. The summed E-state index contributed by atoms with van der Waals surface area (Å²) in [6, 6.07) is 12.3. The molecule has 1 aromatic heterocycles. The highest BCUT2D eigenvalue weighted by atomic mass is 35.5. The Labute approximate surface area is 166 Å². The van der Waals surface area contributed by atoms with Gasteiger partial charge in [0.05, 0.1) is 10.5 Å². The second kappa shape index (κ2) is 7.61. The second-order valence-corrected chi connectivity index (χ2v) is 7.32. The van der Waals surface area contributed by atoms with Gasteiger partial charge in [0.2, 0.25) is 0 Å².